The summed E-state index contributed by atoms with van der Waals surface area (Å²) in [6.07, 6.45) is 3.12. The fourth-order valence-corrected chi connectivity index (χ4v) is 2.06. The Morgan fingerprint density at radius 2 is 2.05 bits per heavy atom. The normalized spacial score (nSPS) is 10.6. The summed E-state index contributed by atoms with van der Waals surface area (Å²) in [7, 11) is 1.86. The van der Waals surface area contributed by atoms with Gasteiger partial charge in [-0.3, -0.25) is 4.68 Å². The maximum absolute atomic E-state index is 11.8. The van der Waals surface area contributed by atoms with E-state index in [4.69, 9.17) is 10.00 Å². The third-order valence-corrected chi connectivity index (χ3v) is 3.42. The zero-order valence-corrected chi connectivity index (χ0v) is 12.8. The topological polar surface area (TPSA) is 67.9 Å². The van der Waals surface area contributed by atoms with Crippen molar-refractivity contribution in [1.82, 2.24) is 9.78 Å². The predicted molar refractivity (Wildman–Crippen MR) is 82.7 cm³/mol. The van der Waals surface area contributed by atoms with E-state index in [0.29, 0.717) is 5.56 Å². The molecule has 22 heavy (non-hydrogen) atoms. The molecule has 0 fully saturated rings. The van der Waals surface area contributed by atoms with Crippen LogP contribution in [0.2, 0.25) is 0 Å². The lowest BCUT2D eigenvalue weighted by molar-refractivity contribution is -0.138. The van der Waals surface area contributed by atoms with E-state index < -0.39 is 5.97 Å². The lowest BCUT2D eigenvalue weighted by Crippen LogP contribution is -2.00. The predicted octanol–water partition coefficient (Wildman–Crippen LogP) is 2.67. The van der Waals surface area contributed by atoms with Crippen molar-refractivity contribution < 1.29 is 9.53 Å². The molecule has 0 amide bonds. The van der Waals surface area contributed by atoms with Gasteiger partial charge in [0.1, 0.15) is 6.61 Å². The van der Waals surface area contributed by atoms with Crippen LogP contribution < -0.4 is 0 Å². The molecule has 0 unspecified atom stereocenters. The molecule has 0 bridgehead atoms. The van der Waals surface area contributed by atoms with E-state index in [1.165, 1.54) is 6.08 Å². The van der Waals surface area contributed by atoms with E-state index >= 15 is 0 Å². The van der Waals surface area contributed by atoms with Crippen LogP contribution in [0.5, 0.6) is 0 Å². The molecule has 0 aliphatic heterocycles. The SMILES string of the molecule is Cc1nn(C)c(C)c1/C=C/C(=O)OCc1ccc(C#N)cc1. The summed E-state index contributed by atoms with van der Waals surface area (Å²) in [4.78, 5) is 11.8. The Hall–Kier alpha value is -2.87. The first-order valence-electron chi connectivity index (χ1n) is 6.85. The first-order valence-corrected chi connectivity index (χ1v) is 6.85. The summed E-state index contributed by atoms with van der Waals surface area (Å²) in [5.41, 5.74) is 4.22. The molecule has 5 nitrogen and oxygen atoms in total. The Morgan fingerprint density at radius 3 is 2.59 bits per heavy atom. The molecule has 0 N–H and O–H groups in total. The third-order valence-electron chi connectivity index (χ3n) is 3.42. The Balaban J connectivity index is 1.95. The van der Waals surface area contributed by atoms with E-state index in [-0.39, 0.29) is 6.61 Å². The summed E-state index contributed by atoms with van der Waals surface area (Å²) >= 11 is 0. The molecule has 1 heterocycles. The first kappa shape index (κ1) is 15.5. The van der Waals surface area contributed by atoms with Gasteiger partial charge in [0.2, 0.25) is 0 Å². The average molecular weight is 295 g/mol. The maximum atomic E-state index is 11.8. The average Bonchev–Trinajstić information content (AvgIpc) is 2.76. The van der Waals surface area contributed by atoms with Crippen molar-refractivity contribution in [2.75, 3.05) is 0 Å². The summed E-state index contributed by atoms with van der Waals surface area (Å²) < 4.78 is 6.95. The summed E-state index contributed by atoms with van der Waals surface area (Å²) in [5.74, 6) is -0.410. The van der Waals surface area contributed by atoms with Gasteiger partial charge in [-0.2, -0.15) is 10.4 Å². The van der Waals surface area contributed by atoms with E-state index in [9.17, 15) is 4.79 Å². The number of hydrogen-bond donors (Lipinski definition) is 0. The number of nitriles is 1. The fraction of sp³-hybridized carbons (Fsp3) is 0.235. The molecule has 0 atom stereocenters. The fourth-order valence-electron chi connectivity index (χ4n) is 2.06. The number of aryl methyl sites for hydroxylation is 2. The monoisotopic (exact) mass is 295 g/mol. The molecule has 0 aliphatic rings. The largest absolute Gasteiger partial charge is 0.458 e. The van der Waals surface area contributed by atoms with E-state index in [2.05, 4.69) is 5.10 Å². The molecular formula is C17H17N3O2. The number of nitrogens with zero attached hydrogens (tertiary/aromatic N) is 3. The zero-order chi connectivity index (χ0) is 16.1. The van der Waals surface area contributed by atoms with Crippen LogP contribution in [0.15, 0.2) is 30.3 Å². The van der Waals surface area contributed by atoms with Crippen molar-refractivity contribution in [3.63, 3.8) is 0 Å². The second-order valence-electron chi connectivity index (χ2n) is 4.96. The zero-order valence-electron chi connectivity index (χ0n) is 12.8. The molecule has 0 saturated heterocycles. The minimum Gasteiger partial charge on any atom is -0.458 e. The van der Waals surface area contributed by atoms with Crippen LogP contribution in [0.4, 0.5) is 0 Å². The number of carbonyl (C=O) groups is 1. The first-order chi connectivity index (χ1) is 10.5. The molecule has 0 spiro atoms. The van der Waals surface area contributed by atoms with Crippen LogP contribution in [0, 0.1) is 25.2 Å². The molecule has 2 rings (SSSR count). The lowest BCUT2D eigenvalue weighted by atomic mass is 10.1. The van der Waals surface area contributed by atoms with Gasteiger partial charge in [0.25, 0.3) is 0 Å². The van der Waals surface area contributed by atoms with Gasteiger partial charge in [-0.1, -0.05) is 12.1 Å². The number of hydrogen-bond acceptors (Lipinski definition) is 4. The van der Waals surface area contributed by atoms with Crippen LogP contribution in [-0.2, 0) is 23.2 Å². The van der Waals surface area contributed by atoms with Gasteiger partial charge in [0, 0.05) is 24.4 Å². The highest BCUT2D eigenvalue weighted by Crippen LogP contribution is 2.13. The van der Waals surface area contributed by atoms with Crippen LogP contribution in [0.3, 0.4) is 0 Å². The highest BCUT2D eigenvalue weighted by atomic mass is 16.5. The highest BCUT2D eigenvalue weighted by molar-refractivity contribution is 5.87. The second-order valence-corrected chi connectivity index (χ2v) is 4.96. The maximum Gasteiger partial charge on any atom is 0.331 e. The van der Waals surface area contributed by atoms with Crippen molar-refractivity contribution in [3.8, 4) is 6.07 Å². The van der Waals surface area contributed by atoms with Crippen molar-refractivity contribution in [3.05, 3.63) is 58.4 Å². The van der Waals surface area contributed by atoms with E-state index in [0.717, 1.165) is 22.5 Å². The van der Waals surface area contributed by atoms with Crippen molar-refractivity contribution in [1.29, 1.82) is 5.26 Å². The number of esters is 1. The standard InChI is InChI=1S/C17H17N3O2/c1-12-16(13(2)20(3)19-12)8-9-17(21)22-11-15-6-4-14(10-18)5-7-15/h4-9H,11H2,1-3H3/b9-8+. The van der Waals surface area contributed by atoms with Crippen LogP contribution >= 0.6 is 0 Å². The summed E-state index contributed by atoms with van der Waals surface area (Å²) in [6, 6.07) is 8.97. The van der Waals surface area contributed by atoms with Crippen LogP contribution in [0.1, 0.15) is 28.1 Å². The number of rotatable bonds is 4. The molecule has 1 aromatic carbocycles. The summed E-state index contributed by atoms with van der Waals surface area (Å²) in [5, 5.41) is 13.0. The lowest BCUT2D eigenvalue weighted by Gasteiger charge is -2.02. The Kier molecular flexibility index (Phi) is 4.74. The van der Waals surface area contributed by atoms with Gasteiger partial charge in [0.05, 0.1) is 17.3 Å². The van der Waals surface area contributed by atoms with E-state index in [1.54, 1.807) is 35.0 Å². The molecule has 1 aromatic heterocycles. The van der Waals surface area contributed by atoms with Gasteiger partial charge >= 0.3 is 5.97 Å². The van der Waals surface area contributed by atoms with Crippen molar-refractivity contribution in [2.24, 2.45) is 7.05 Å². The number of benzene rings is 1. The van der Waals surface area contributed by atoms with Gasteiger partial charge in [-0.15, -0.1) is 0 Å². The van der Waals surface area contributed by atoms with Gasteiger partial charge in [-0.25, -0.2) is 4.79 Å². The summed E-state index contributed by atoms with van der Waals surface area (Å²) in [6.45, 7) is 4.02. The number of ether oxygens (including phenoxy) is 1. The highest BCUT2D eigenvalue weighted by Gasteiger charge is 2.07. The van der Waals surface area contributed by atoms with Gasteiger partial charge in [-0.05, 0) is 37.6 Å². The van der Waals surface area contributed by atoms with Crippen molar-refractivity contribution >= 4 is 12.0 Å². The smallest absolute Gasteiger partial charge is 0.331 e. The van der Waals surface area contributed by atoms with Crippen LogP contribution in [0.25, 0.3) is 6.08 Å². The molecule has 0 aliphatic carbocycles. The number of aromatic nitrogens is 2. The van der Waals surface area contributed by atoms with Crippen molar-refractivity contribution in [2.45, 2.75) is 20.5 Å². The molecule has 0 saturated carbocycles. The molecule has 2 aromatic rings. The van der Waals surface area contributed by atoms with E-state index in [1.807, 2.05) is 27.0 Å². The van der Waals surface area contributed by atoms with Gasteiger partial charge < -0.3 is 4.74 Å². The Bertz CT molecular complexity index is 749. The Labute approximate surface area is 129 Å². The molecule has 0 radical (unpaired) electrons. The Morgan fingerprint density at radius 1 is 1.36 bits per heavy atom. The molecule has 5 heteroatoms. The molecule has 112 valence electrons. The minimum absolute atomic E-state index is 0.180. The van der Waals surface area contributed by atoms with Gasteiger partial charge in [0.15, 0.2) is 0 Å². The minimum atomic E-state index is -0.410. The van der Waals surface area contributed by atoms with Crippen LogP contribution in [-0.4, -0.2) is 15.7 Å². The second kappa shape index (κ2) is 6.72. The third kappa shape index (κ3) is 3.61. The quantitative estimate of drug-likeness (QED) is 0.642. The number of carbonyl (C=O) groups excluding carboxylic acids is 1. The molecular weight excluding hydrogens is 278 g/mol.